The van der Waals surface area contributed by atoms with Gasteiger partial charge >= 0.3 is 0 Å². The fourth-order valence-corrected chi connectivity index (χ4v) is 5.16. The lowest BCUT2D eigenvalue weighted by molar-refractivity contribution is 0.613. The Hall–Kier alpha value is 0.0600. The molecule has 1 aromatic carbocycles. The van der Waals surface area contributed by atoms with Crippen molar-refractivity contribution in [3.8, 4) is 0 Å². The second-order valence-electron chi connectivity index (χ2n) is 3.95. The lowest BCUT2D eigenvalue weighted by atomic mass is 10.1. The van der Waals surface area contributed by atoms with Gasteiger partial charge in [0, 0.05) is 24.3 Å². The Balaban J connectivity index is 2.06. The molecule has 0 amide bonds. The maximum Gasteiger partial charge on any atom is 0.129 e. The molecule has 0 bridgehead atoms. The highest BCUT2D eigenvalue weighted by molar-refractivity contribution is 9.10. The summed E-state index contributed by atoms with van der Waals surface area (Å²) in [6, 6.07) is 7.24. The molecule has 0 aliphatic carbocycles. The smallest absolute Gasteiger partial charge is 0.129 e. The van der Waals surface area contributed by atoms with E-state index in [4.69, 9.17) is 11.6 Å². The predicted molar refractivity (Wildman–Crippen MR) is 89.6 cm³/mol. The minimum absolute atomic E-state index is 0.178. The molecule has 98 valence electrons. The number of hydrogen-bond acceptors (Lipinski definition) is 2. The average Bonchev–Trinajstić information content (AvgIpc) is 2.93. The Morgan fingerprint density at radius 2 is 2.00 bits per heavy atom. The fraction of sp³-hybridized carbons (Fsp3) is 0.0769. The summed E-state index contributed by atoms with van der Waals surface area (Å²) in [6.45, 7) is 0. The van der Waals surface area contributed by atoms with Crippen molar-refractivity contribution in [1.29, 1.82) is 0 Å². The van der Waals surface area contributed by atoms with E-state index in [0.717, 1.165) is 4.88 Å². The zero-order chi connectivity index (χ0) is 13.6. The number of hydrogen-bond donors (Lipinski definition) is 0. The number of benzene rings is 1. The van der Waals surface area contributed by atoms with E-state index in [9.17, 15) is 4.39 Å². The maximum absolute atomic E-state index is 14.0. The zero-order valence-corrected chi connectivity index (χ0v) is 14.9. The lowest BCUT2D eigenvalue weighted by Crippen LogP contribution is -1.95. The van der Waals surface area contributed by atoms with Crippen LogP contribution < -0.4 is 0 Å². The molecular weight excluding hydrogens is 435 g/mol. The Bertz CT molecular complexity index is 722. The third-order valence-corrected chi connectivity index (χ3v) is 7.37. The molecule has 2 heterocycles. The molecule has 0 aliphatic rings. The van der Waals surface area contributed by atoms with Crippen LogP contribution in [0.25, 0.3) is 9.40 Å². The third-order valence-electron chi connectivity index (χ3n) is 2.72. The van der Waals surface area contributed by atoms with E-state index in [0.29, 0.717) is 15.1 Å². The van der Waals surface area contributed by atoms with Gasteiger partial charge in [-0.25, -0.2) is 4.39 Å². The monoisotopic (exact) mass is 438 g/mol. The van der Waals surface area contributed by atoms with E-state index >= 15 is 0 Å². The first-order chi connectivity index (χ1) is 9.06. The van der Waals surface area contributed by atoms with Crippen molar-refractivity contribution in [2.24, 2.45) is 0 Å². The van der Waals surface area contributed by atoms with Crippen molar-refractivity contribution in [3.05, 3.63) is 55.4 Å². The van der Waals surface area contributed by atoms with Crippen LogP contribution in [0.4, 0.5) is 4.39 Å². The largest absolute Gasteiger partial charge is 0.207 e. The van der Waals surface area contributed by atoms with Crippen LogP contribution in [0.2, 0.25) is 5.02 Å². The molecule has 6 heteroatoms. The summed E-state index contributed by atoms with van der Waals surface area (Å²) in [7, 11) is 0. The van der Waals surface area contributed by atoms with E-state index in [1.807, 2.05) is 0 Å². The number of alkyl halides is 1. The molecule has 19 heavy (non-hydrogen) atoms. The topological polar surface area (TPSA) is 0 Å². The van der Waals surface area contributed by atoms with Crippen molar-refractivity contribution >= 4 is 75.5 Å². The third kappa shape index (κ3) is 2.63. The lowest BCUT2D eigenvalue weighted by Gasteiger charge is -2.10. The van der Waals surface area contributed by atoms with Crippen molar-refractivity contribution in [3.63, 3.8) is 0 Å². The van der Waals surface area contributed by atoms with Gasteiger partial charge in [-0.1, -0.05) is 27.5 Å². The van der Waals surface area contributed by atoms with Crippen molar-refractivity contribution < 1.29 is 4.39 Å². The minimum Gasteiger partial charge on any atom is -0.207 e. The minimum atomic E-state index is -0.269. The van der Waals surface area contributed by atoms with E-state index < -0.39 is 0 Å². The fourth-order valence-electron chi connectivity index (χ4n) is 1.79. The molecule has 1 atom stereocenters. The quantitative estimate of drug-likeness (QED) is 0.297. The van der Waals surface area contributed by atoms with E-state index in [1.165, 1.54) is 15.5 Å². The van der Waals surface area contributed by atoms with Crippen LogP contribution in [0.5, 0.6) is 0 Å². The van der Waals surface area contributed by atoms with Crippen molar-refractivity contribution in [2.45, 2.75) is 4.83 Å². The van der Waals surface area contributed by atoms with Gasteiger partial charge in [0.15, 0.2) is 0 Å². The zero-order valence-electron chi connectivity index (χ0n) is 9.29. The van der Waals surface area contributed by atoms with Gasteiger partial charge < -0.3 is 0 Å². The van der Waals surface area contributed by atoms with Crippen LogP contribution in [0, 0.1) is 5.82 Å². The Morgan fingerprint density at radius 1 is 1.21 bits per heavy atom. The Kier molecular flexibility index (Phi) is 4.02. The standard InChI is InChI=1S/C13H6Br2ClFS2/c14-7-4-9(17)6(3-8(7)16)13(15)12-5-11-10(19-12)1-2-18-11/h1-5,13H. The van der Waals surface area contributed by atoms with E-state index in [1.54, 1.807) is 28.7 Å². The van der Waals surface area contributed by atoms with Crippen LogP contribution in [-0.4, -0.2) is 0 Å². The molecule has 0 fully saturated rings. The molecule has 0 N–H and O–H groups in total. The molecule has 0 saturated carbocycles. The maximum atomic E-state index is 14.0. The summed E-state index contributed by atoms with van der Waals surface area (Å²) < 4.78 is 17.1. The number of halogens is 4. The van der Waals surface area contributed by atoms with Gasteiger partial charge in [0.05, 0.1) is 9.85 Å². The van der Waals surface area contributed by atoms with E-state index in [-0.39, 0.29) is 10.6 Å². The molecular formula is C13H6Br2ClFS2. The summed E-state index contributed by atoms with van der Waals surface area (Å²) in [5.41, 5.74) is 0.558. The van der Waals surface area contributed by atoms with Crippen LogP contribution in [0.3, 0.4) is 0 Å². The molecule has 0 spiro atoms. The first-order valence-corrected chi connectivity index (χ1v) is 9.10. The highest BCUT2D eigenvalue weighted by Crippen LogP contribution is 2.42. The number of fused-ring (bicyclic) bond motifs is 1. The normalized spacial score (nSPS) is 13.1. The van der Waals surface area contributed by atoms with Gasteiger partial charge in [-0.05, 0) is 45.6 Å². The summed E-state index contributed by atoms with van der Waals surface area (Å²) in [4.78, 5) is 0.904. The van der Waals surface area contributed by atoms with Gasteiger partial charge in [0.25, 0.3) is 0 Å². The van der Waals surface area contributed by atoms with Gasteiger partial charge in [-0.2, -0.15) is 0 Å². The number of rotatable bonds is 2. The van der Waals surface area contributed by atoms with Crippen molar-refractivity contribution in [1.82, 2.24) is 0 Å². The molecule has 0 radical (unpaired) electrons. The van der Waals surface area contributed by atoms with Gasteiger partial charge in [0.1, 0.15) is 5.82 Å². The number of thiophene rings is 2. The van der Waals surface area contributed by atoms with Crippen LogP contribution in [0.15, 0.2) is 34.1 Å². The summed E-state index contributed by atoms with van der Waals surface area (Å²) >= 11 is 16.2. The van der Waals surface area contributed by atoms with Crippen LogP contribution in [0.1, 0.15) is 15.3 Å². The highest BCUT2D eigenvalue weighted by Gasteiger charge is 2.19. The highest BCUT2D eigenvalue weighted by atomic mass is 79.9. The molecule has 0 aliphatic heterocycles. The molecule has 3 aromatic rings. The second kappa shape index (κ2) is 5.45. The summed E-state index contributed by atoms with van der Waals surface area (Å²) in [5, 5.41) is 2.57. The second-order valence-corrected chi connectivity index (χ2v) is 8.19. The summed E-state index contributed by atoms with van der Waals surface area (Å²) in [6.07, 6.45) is 0. The average molecular weight is 441 g/mol. The van der Waals surface area contributed by atoms with Gasteiger partial charge in [-0.3, -0.25) is 0 Å². The molecule has 0 saturated heterocycles. The van der Waals surface area contributed by atoms with Gasteiger partial charge in [0.2, 0.25) is 0 Å². The first kappa shape index (κ1) is 14.0. The molecule has 2 aromatic heterocycles. The van der Waals surface area contributed by atoms with Crippen molar-refractivity contribution in [2.75, 3.05) is 0 Å². The predicted octanol–water partition coefficient (Wildman–Crippen LogP) is 7.00. The molecule has 0 nitrogen and oxygen atoms in total. The SMILES string of the molecule is Fc1cc(Br)c(Cl)cc1C(Br)c1cc2sccc2s1. The van der Waals surface area contributed by atoms with Crippen LogP contribution >= 0.6 is 66.1 Å². The van der Waals surface area contributed by atoms with Crippen LogP contribution in [-0.2, 0) is 0 Å². The molecule has 3 rings (SSSR count). The first-order valence-electron chi connectivity index (χ1n) is 5.31. The molecule has 1 unspecified atom stereocenters. The van der Waals surface area contributed by atoms with Gasteiger partial charge in [-0.15, -0.1) is 22.7 Å². The Morgan fingerprint density at radius 3 is 2.74 bits per heavy atom. The Labute approximate surface area is 139 Å². The van der Waals surface area contributed by atoms with E-state index in [2.05, 4.69) is 49.4 Å². The summed E-state index contributed by atoms with van der Waals surface area (Å²) in [5.74, 6) is -0.269.